The van der Waals surface area contributed by atoms with Gasteiger partial charge in [0.05, 0.1) is 12.1 Å². The Bertz CT molecular complexity index is 664. The minimum absolute atomic E-state index is 0.0879. The molecule has 13 heteroatoms. The van der Waals surface area contributed by atoms with Gasteiger partial charge in [0.1, 0.15) is 6.04 Å². The Hall–Kier alpha value is -1.96. The molecule has 0 saturated carbocycles. The maximum Gasteiger partial charge on any atom is 0.418 e. The molecule has 2 unspecified atom stereocenters. The summed E-state index contributed by atoms with van der Waals surface area (Å²) >= 11 is 0. The van der Waals surface area contributed by atoms with Crippen LogP contribution in [0.3, 0.4) is 0 Å². The summed E-state index contributed by atoms with van der Waals surface area (Å²) in [4.78, 5) is 37.1. The van der Waals surface area contributed by atoms with E-state index in [1.54, 1.807) is 0 Å². The maximum absolute atomic E-state index is 12.2. The van der Waals surface area contributed by atoms with Gasteiger partial charge in [-0.2, -0.15) is 13.5 Å². The average Bonchev–Trinajstić information content (AvgIpc) is 2.67. The van der Waals surface area contributed by atoms with Gasteiger partial charge in [0.15, 0.2) is 0 Å². The van der Waals surface area contributed by atoms with Gasteiger partial charge in [-0.05, 0) is 25.8 Å². The minimum Gasteiger partial charge on any atom is -0.309 e. The molecule has 3 aliphatic heterocycles. The molecule has 0 aromatic heterocycles. The number of hydrogen-bond donors (Lipinski definition) is 4. The van der Waals surface area contributed by atoms with Gasteiger partial charge >= 0.3 is 16.4 Å². The summed E-state index contributed by atoms with van der Waals surface area (Å²) in [7, 11) is -4.83. The van der Waals surface area contributed by atoms with Crippen LogP contribution in [0, 0.1) is 0 Å². The number of nitrogens with one attached hydrogen (secondary N) is 3. The Morgan fingerprint density at radius 3 is 2.46 bits per heavy atom. The number of urea groups is 1. The number of hydroxylamine groups is 2. The number of carbonyl (C=O) groups is 3. The quantitative estimate of drug-likeness (QED) is 0.315. The molecular formula is C11H17N5O7S. The van der Waals surface area contributed by atoms with Crippen LogP contribution < -0.4 is 16.2 Å². The van der Waals surface area contributed by atoms with Crippen molar-refractivity contribution in [3.8, 4) is 0 Å². The van der Waals surface area contributed by atoms with E-state index in [-0.39, 0.29) is 24.9 Å². The Morgan fingerprint density at radius 1 is 1.21 bits per heavy atom. The van der Waals surface area contributed by atoms with Crippen molar-refractivity contribution in [2.24, 2.45) is 0 Å². The Labute approximate surface area is 137 Å². The Kier molecular flexibility index (Phi) is 4.33. The summed E-state index contributed by atoms with van der Waals surface area (Å²) in [6.07, 6.45) is 1.26. The third-order valence-electron chi connectivity index (χ3n) is 4.25. The highest BCUT2D eigenvalue weighted by atomic mass is 32.3. The third kappa shape index (κ3) is 3.28. The van der Waals surface area contributed by atoms with Crippen LogP contribution in [-0.4, -0.2) is 72.0 Å². The van der Waals surface area contributed by atoms with Gasteiger partial charge in [-0.1, -0.05) is 0 Å². The van der Waals surface area contributed by atoms with Gasteiger partial charge < -0.3 is 10.2 Å². The Morgan fingerprint density at radius 2 is 1.88 bits per heavy atom. The normalized spacial score (nSPS) is 29.2. The highest BCUT2D eigenvalue weighted by Crippen LogP contribution is 2.30. The number of hydrazine groups is 1. The fourth-order valence-electron chi connectivity index (χ4n) is 2.91. The van der Waals surface area contributed by atoms with Crippen molar-refractivity contribution < 1.29 is 31.6 Å². The summed E-state index contributed by atoms with van der Waals surface area (Å²) in [6.45, 7) is 0.826. The second kappa shape index (κ2) is 6.16. The third-order valence-corrected chi connectivity index (χ3v) is 4.60. The zero-order valence-electron chi connectivity index (χ0n) is 12.5. The van der Waals surface area contributed by atoms with Crippen molar-refractivity contribution in [2.75, 3.05) is 13.1 Å². The van der Waals surface area contributed by atoms with E-state index in [1.165, 1.54) is 0 Å². The predicted molar refractivity (Wildman–Crippen MR) is 76.1 cm³/mol. The van der Waals surface area contributed by atoms with Crippen LogP contribution in [0.15, 0.2) is 0 Å². The van der Waals surface area contributed by atoms with Crippen molar-refractivity contribution in [3.63, 3.8) is 0 Å². The molecule has 3 saturated heterocycles. The number of fused-ring (bicyclic) bond motifs is 2. The van der Waals surface area contributed by atoms with Gasteiger partial charge in [-0.3, -0.25) is 25.0 Å². The van der Waals surface area contributed by atoms with Crippen LogP contribution in [0.4, 0.5) is 4.79 Å². The summed E-state index contributed by atoms with van der Waals surface area (Å²) in [5.41, 5.74) is 4.55. The number of nitrogens with zero attached hydrogens (tertiary/aromatic N) is 2. The molecule has 3 aliphatic rings. The molecular weight excluding hydrogens is 346 g/mol. The van der Waals surface area contributed by atoms with Crippen LogP contribution in [0.5, 0.6) is 0 Å². The van der Waals surface area contributed by atoms with Crippen LogP contribution in [0.2, 0.25) is 0 Å². The molecule has 2 bridgehead atoms. The first-order valence-corrected chi connectivity index (χ1v) is 8.73. The lowest BCUT2D eigenvalue weighted by Gasteiger charge is -2.30. The van der Waals surface area contributed by atoms with Crippen molar-refractivity contribution in [2.45, 2.75) is 37.4 Å². The highest BCUT2D eigenvalue weighted by molar-refractivity contribution is 7.80. The van der Waals surface area contributed by atoms with E-state index in [1.807, 2.05) is 0 Å². The molecule has 3 rings (SSSR count). The summed E-state index contributed by atoms with van der Waals surface area (Å²) < 4.78 is 34.6. The van der Waals surface area contributed by atoms with Crippen LogP contribution >= 0.6 is 0 Å². The van der Waals surface area contributed by atoms with Crippen molar-refractivity contribution in [1.29, 1.82) is 0 Å². The summed E-state index contributed by atoms with van der Waals surface area (Å²) in [6, 6.07) is -2.61. The average molecular weight is 363 g/mol. The lowest BCUT2D eigenvalue weighted by atomic mass is 10.0. The van der Waals surface area contributed by atoms with Crippen molar-refractivity contribution >= 4 is 28.2 Å². The summed E-state index contributed by atoms with van der Waals surface area (Å²) in [5.74, 6) is -0.949. The fraction of sp³-hybridized carbons (Fsp3) is 0.727. The minimum atomic E-state index is -4.83. The first-order chi connectivity index (χ1) is 11.3. The van der Waals surface area contributed by atoms with Gasteiger partial charge in [0.25, 0.3) is 11.8 Å². The number of amides is 4. The van der Waals surface area contributed by atoms with E-state index in [9.17, 15) is 22.8 Å². The summed E-state index contributed by atoms with van der Waals surface area (Å²) in [5, 5.41) is 3.43. The lowest BCUT2D eigenvalue weighted by Crippen LogP contribution is -2.59. The number of carbonyl (C=O) groups excluding carboxylic acids is 3. The molecule has 0 radical (unpaired) electrons. The van der Waals surface area contributed by atoms with Crippen LogP contribution in [0.1, 0.15) is 19.3 Å². The molecule has 3 atom stereocenters. The molecule has 4 N–H and O–H groups in total. The topological polar surface area (TPSA) is 157 Å². The van der Waals surface area contributed by atoms with E-state index in [0.717, 1.165) is 11.4 Å². The highest BCUT2D eigenvalue weighted by Gasteiger charge is 2.49. The fourth-order valence-corrected chi connectivity index (χ4v) is 3.30. The smallest absolute Gasteiger partial charge is 0.309 e. The lowest BCUT2D eigenvalue weighted by molar-refractivity contribution is -0.133. The molecule has 0 aromatic carbocycles. The SMILES string of the molecule is O=C(NNC(=O)[C@@H]1CCC2CN1C(=O)N2OS(=O)(=O)O)C1CCN1. The number of hydrogen-bond acceptors (Lipinski definition) is 7. The molecule has 4 amide bonds. The first kappa shape index (κ1) is 16.9. The molecule has 0 aromatic rings. The largest absolute Gasteiger partial charge is 0.418 e. The zero-order valence-corrected chi connectivity index (χ0v) is 13.3. The van der Waals surface area contributed by atoms with E-state index in [2.05, 4.69) is 20.5 Å². The predicted octanol–water partition coefficient (Wildman–Crippen LogP) is -2.50. The molecule has 24 heavy (non-hydrogen) atoms. The molecule has 12 nitrogen and oxygen atoms in total. The van der Waals surface area contributed by atoms with Gasteiger partial charge in [-0.15, -0.1) is 4.28 Å². The maximum atomic E-state index is 12.2. The monoisotopic (exact) mass is 363 g/mol. The van der Waals surface area contributed by atoms with E-state index < -0.39 is 34.4 Å². The number of piperidine rings is 1. The standard InChI is InChI=1S/C11H17N5O7S/c17-9(7-3-4-12-7)13-14-10(18)8-2-1-6-5-15(8)11(19)16(6)23-24(20,21)22/h6-8,12H,1-5H2,(H,13,17)(H,14,18)(H,20,21,22)/t6?,7?,8-/m0/s1. The first-order valence-electron chi connectivity index (χ1n) is 7.36. The van der Waals surface area contributed by atoms with E-state index in [4.69, 9.17) is 4.55 Å². The second-order valence-electron chi connectivity index (χ2n) is 5.78. The molecule has 3 heterocycles. The molecule has 3 fully saturated rings. The zero-order chi connectivity index (χ0) is 17.5. The number of rotatable bonds is 4. The molecule has 0 spiro atoms. The van der Waals surface area contributed by atoms with Gasteiger partial charge in [-0.25, -0.2) is 4.79 Å². The van der Waals surface area contributed by atoms with Crippen LogP contribution in [0.25, 0.3) is 0 Å². The van der Waals surface area contributed by atoms with E-state index in [0.29, 0.717) is 17.9 Å². The van der Waals surface area contributed by atoms with Crippen LogP contribution in [-0.2, 0) is 24.3 Å². The second-order valence-corrected chi connectivity index (χ2v) is 6.79. The van der Waals surface area contributed by atoms with Crippen molar-refractivity contribution in [3.05, 3.63) is 0 Å². The van der Waals surface area contributed by atoms with Gasteiger partial charge in [0.2, 0.25) is 0 Å². The van der Waals surface area contributed by atoms with Crippen molar-refractivity contribution in [1.82, 2.24) is 26.1 Å². The molecule has 0 aliphatic carbocycles. The molecule has 134 valence electrons. The van der Waals surface area contributed by atoms with E-state index >= 15 is 0 Å². The van der Waals surface area contributed by atoms with Gasteiger partial charge in [0, 0.05) is 6.54 Å². The Balaban J connectivity index is 1.58.